The van der Waals surface area contributed by atoms with Gasteiger partial charge in [0, 0.05) is 34.9 Å². The molecule has 4 rings (SSSR count). The first-order chi connectivity index (χ1) is 14.5. The zero-order valence-electron chi connectivity index (χ0n) is 16.5. The monoisotopic (exact) mass is 441 g/mol. The molecule has 30 heavy (non-hydrogen) atoms. The minimum absolute atomic E-state index is 0.0884. The maximum Gasteiger partial charge on any atom is 0.185 e. The van der Waals surface area contributed by atoms with Crippen molar-refractivity contribution in [2.75, 3.05) is 31.2 Å². The van der Waals surface area contributed by atoms with Crippen LogP contribution in [0.3, 0.4) is 0 Å². The van der Waals surface area contributed by atoms with Gasteiger partial charge in [0.1, 0.15) is 5.15 Å². The Balaban J connectivity index is 1.51. The number of ether oxygens (including phenoxy) is 1. The van der Waals surface area contributed by atoms with Gasteiger partial charge in [-0.2, -0.15) is 5.10 Å². The zero-order valence-corrected chi connectivity index (χ0v) is 18.0. The molecule has 7 heteroatoms. The fourth-order valence-corrected chi connectivity index (χ4v) is 3.91. The molecule has 2 aromatic carbocycles. The molecule has 1 fully saturated rings. The third-order valence-corrected chi connectivity index (χ3v) is 5.63. The molecule has 0 atom stereocenters. The predicted octanol–water partition coefficient (Wildman–Crippen LogP) is 5.22. The lowest BCUT2D eigenvalue weighted by Gasteiger charge is -2.28. The van der Waals surface area contributed by atoms with E-state index in [0.29, 0.717) is 21.3 Å². The fraction of sp³-hybridized carbons (Fsp3) is 0.217. The first kappa shape index (κ1) is 20.7. The number of rotatable bonds is 5. The summed E-state index contributed by atoms with van der Waals surface area (Å²) in [6, 6.07) is 14.9. The summed E-state index contributed by atoms with van der Waals surface area (Å²) in [5.74, 6) is -0.0884. The molecule has 1 aliphatic heterocycles. The number of ketones is 1. The van der Waals surface area contributed by atoms with Gasteiger partial charge in [-0.25, -0.2) is 4.68 Å². The van der Waals surface area contributed by atoms with E-state index in [1.807, 2.05) is 43.3 Å². The highest BCUT2D eigenvalue weighted by molar-refractivity contribution is 6.32. The second kappa shape index (κ2) is 9.04. The van der Waals surface area contributed by atoms with Crippen LogP contribution >= 0.6 is 23.2 Å². The van der Waals surface area contributed by atoms with Gasteiger partial charge < -0.3 is 9.64 Å². The van der Waals surface area contributed by atoms with Crippen LogP contribution in [0.15, 0.2) is 54.6 Å². The number of nitrogens with zero attached hydrogens (tertiary/aromatic N) is 3. The number of hydrogen-bond acceptors (Lipinski definition) is 4. The molecular formula is C23H21Cl2N3O2. The number of carbonyl (C=O) groups excluding carboxylic acids is 1. The van der Waals surface area contributed by atoms with Crippen LogP contribution in [0.25, 0.3) is 11.8 Å². The number of aryl methyl sites for hydroxylation is 1. The maximum absolute atomic E-state index is 12.6. The minimum Gasteiger partial charge on any atom is -0.378 e. The Labute approximate surface area is 185 Å². The van der Waals surface area contributed by atoms with Crippen LogP contribution in [0.5, 0.6) is 0 Å². The van der Waals surface area contributed by atoms with Crippen LogP contribution in [0.2, 0.25) is 10.2 Å². The molecular weight excluding hydrogens is 421 g/mol. The quantitative estimate of drug-likeness (QED) is 0.402. The summed E-state index contributed by atoms with van der Waals surface area (Å²) in [6.45, 7) is 5.04. The van der Waals surface area contributed by atoms with Crippen molar-refractivity contribution in [3.8, 4) is 5.69 Å². The normalized spacial score (nSPS) is 14.4. The summed E-state index contributed by atoms with van der Waals surface area (Å²) in [7, 11) is 0. The van der Waals surface area contributed by atoms with E-state index in [2.05, 4.69) is 10.00 Å². The summed E-state index contributed by atoms with van der Waals surface area (Å²) in [5.41, 5.74) is 3.92. The van der Waals surface area contributed by atoms with Gasteiger partial charge in [0.2, 0.25) is 0 Å². The van der Waals surface area contributed by atoms with Crippen LogP contribution in [0.1, 0.15) is 21.6 Å². The van der Waals surface area contributed by atoms with Crippen LogP contribution < -0.4 is 4.90 Å². The van der Waals surface area contributed by atoms with E-state index in [9.17, 15) is 4.79 Å². The molecule has 0 unspecified atom stereocenters. The number of hydrogen-bond donors (Lipinski definition) is 0. The molecule has 3 aromatic rings. The van der Waals surface area contributed by atoms with Gasteiger partial charge in [0.25, 0.3) is 0 Å². The van der Waals surface area contributed by atoms with Crippen LogP contribution in [-0.4, -0.2) is 41.9 Å². The smallest absolute Gasteiger partial charge is 0.185 e. The van der Waals surface area contributed by atoms with Crippen molar-refractivity contribution < 1.29 is 9.53 Å². The number of morpholine rings is 1. The number of allylic oxidation sites excluding steroid dienone is 1. The lowest BCUT2D eigenvalue weighted by Crippen LogP contribution is -2.36. The molecule has 5 nitrogen and oxygen atoms in total. The first-order valence-electron chi connectivity index (χ1n) is 9.69. The van der Waals surface area contributed by atoms with Gasteiger partial charge in [0.15, 0.2) is 5.78 Å². The summed E-state index contributed by atoms with van der Waals surface area (Å²) in [4.78, 5) is 14.9. The SMILES string of the molecule is Cc1nn(-c2cccc(Cl)c2)c(Cl)c1C=CC(=O)c1ccc(N2CCOCC2)cc1. The van der Waals surface area contributed by atoms with Gasteiger partial charge >= 0.3 is 0 Å². The van der Waals surface area contributed by atoms with Crippen molar-refractivity contribution in [2.45, 2.75) is 6.92 Å². The van der Waals surface area contributed by atoms with E-state index in [1.165, 1.54) is 6.08 Å². The Morgan fingerprint density at radius 2 is 1.80 bits per heavy atom. The molecule has 1 aliphatic rings. The van der Waals surface area contributed by atoms with Gasteiger partial charge in [-0.15, -0.1) is 0 Å². The average molecular weight is 442 g/mol. The van der Waals surface area contributed by atoms with Gasteiger partial charge in [-0.3, -0.25) is 4.79 Å². The highest BCUT2D eigenvalue weighted by Crippen LogP contribution is 2.26. The van der Waals surface area contributed by atoms with Gasteiger partial charge in [0.05, 0.1) is 24.6 Å². The van der Waals surface area contributed by atoms with Gasteiger partial charge in [-0.05, 0) is 61.5 Å². The molecule has 1 saturated heterocycles. The van der Waals surface area contributed by atoms with Crippen LogP contribution in [0, 0.1) is 6.92 Å². The summed E-state index contributed by atoms with van der Waals surface area (Å²) in [6.07, 6.45) is 3.24. The first-order valence-corrected chi connectivity index (χ1v) is 10.4. The molecule has 154 valence electrons. The van der Waals surface area contributed by atoms with Crippen molar-refractivity contribution >= 4 is 40.7 Å². The molecule has 0 spiro atoms. The fourth-order valence-electron chi connectivity index (χ4n) is 3.39. The Morgan fingerprint density at radius 1 is 1.07 bits per heavy atom. The summed E-state index contributed by atoms with van der Waals surface area (Å²) in [5, 5.41) is 5.52. The standard InChI is InChI=1S/C23H21Cl2N3O2/c1-16-21(23(25)28(26-16)20-4-2-3-18(24)15-20)9-10-22(29)17-5-7-19(8-6-17)27-11-13-30-14-12-27/h2-10,15H,11-14H2,1H3. The third-order valence-electron chi connectivity index (χ3n) is 5.03. The van der Waals surface area contributed by atoms with E-state index < -0.39 is 0 Å². The van der Waals surface area contributed by atoms with Crippen molar-refractivity contribution in [1.29, 1.82) is 0 Å². The van der Waals surface area contributed by atoms with E-state index in [1.54, 1.807) is 22.9 Å². The summed E-state index contributed by atoms with van der Waals surface area (Å²) < 4.78 is 7.00. The number of benzene rings is 2. The number of aromatic nitrogens is 2. The largest absolute Gasteiger partial charge is 0.378 e. The lowest BCUT2D eigenvalue weighted by molar-refractivity contribution is 0.104. The number of anilines is 1. The van der Waals surface area contributed by atoms with E-state index >= 15 is 0 Å². The van der Waals surface area contributed by atoms with Crippen molar-refractivity contribution in [3.05, 3.63) is 81.6 Å². The molecule has 0 amide bonds. The van der Waals surface area contributed by atoms with Crippen molar-refractivity contribution in [2.24, 2.45) is 0 Å². The minimum atomic E-state index is -0.0884. The Hall–Kier alpha value is -2.60. The van der Waals surface area contributed by atoms with E-state index in [4.69, 9.17) is 27.9 Å². The number of carbonyl (C=O) groups is 1. The highest BCUT2D eigenvalue weighted by atomic mass is 35.5. The zero-order chi connectivity index (χ0) is 21.1. The second-order valence-electron chi connectivity index (χ2n) is 7.03. The van der Waals surface area contributed by atoms with Gasteiger partial charge in [-0.1, -0.05) is 29.3 Å². The van der Waals surface area contributed by atoms with Crippen molar-refractivity contribution in [3.63, 3.8) is 0 Å². The average Bonchev–Trinajstić information content (AvgIpc) is 3.06. The van der Waals surface area contributed by atoms with Crippen LogP contribution in [0.4, 0.5) is 5.69 Å². The Kier molecular flexibility index (Phi) is 6.23. The Morgan fingerprint density at radius 3 is 2.50 bits per heavy atom. The predicted molar refractivity (Wildman–Crippen MR) is 121 cm³/mol. The third kappa shape index (κ3) is 4.43. The van der Waals surface area contributed by atoms with Crippen LogP contribution in [-0.2, 0) is 4.74 Å². The lowest BCUT2D eigenvalue weighted by atomic mass is 10.1. The molecule has 0 radical (unpaired) electrons. The molecule has 2 heterocycles. The Bertz CT molecular complexity index is 1080. The topological polar surface area (TPSA) is 47.4 Å². The maximum atomic E-state index is 12.6. The molecule has 0 N–H and O–H groups in total. The molecule has 0 aliphatic carbocycles. The molecule has 1 aromatic heterocycles. The second-order valence-corrected chi connectivity index (χ2v) is 7.82. The molecule has 0 saturated carbocycles. The highest BCUT2D eigenvalue weighted by Gasteiger charge is 2.14. The van der Waals surface area contributed by atoms with E-state index in [0.717, 1.165) is 43.4 Å². The van der Waals surface area contributed by atoms with Crippen molar-refractivity contribution in [1.82, 2.24) is 9.78 Å². The number of halogens is 2. The summed E-state index contributed by atoms with van der Waals surface area (Å²) >= 11 is 12.6. The van der Waals surface area contributed by atoms with E-state index in [-0.39, 0.29) is 5.78 Å². The molecule has 0 bridgehead atoms.